The van der Waals surface area contributed by atoms with Crippen LogP contribution in [0.2, 0.25) is 5.02 Å². The zero-order valence-corrected chi connectivity index (χ0v) is 26.8. The Bertz CT molecular complexity index is 1690. The van der Waals surface area contributed by atoms with Gasteiger partial charge in [0.2, 0.25) is 0 Å². The van der Waals surface area contributed by atoms with Gasteiger partial charge >= 0.3 is 0 Å². The van der Waals surface area contributed by atoms with E-state index in [4.69, 9.17) is 31.1 Å². The summed E-state index contributed by atoms with van der Waals surface area (Å²) >= 11 is 6.51. The summed E-state index contributed by atoms with van der Waals surface area (Å²) in [5, 5.41) is 9.45. The molecule has 5 rings (SSSR count). The molecule has 232 valence electrons. The van der Waals surface area contributed by atoms with Crippen molar-refractivity contribution in [1.82, 2.24) is 9.88 Å². The van der Waals surface area contributed by atoms with E-state index in [1.807, 2.05) is 12.1 Å². The summed E-state index contributed by atoms with van der Waals surface area (Å²) in [6, 6.07) is 19.3. The van der Waals surface area contributed by atoms with Gasteiger partial charge in [-0.3, -0.25) is 9.78 Å². The largest absolute Gasteiger partial charge is 0.490 e. The van der Waals surface area contributed by atoms with E-state index in [0.29, 0.717) is 39.5 Å². The number of benzene rings is 3. The van der Waals surface area contributed by atoms with Crippen LogP contribution < -0.4 is 14.2 Å². The minimum Gasteiger partial charge on any atom is -0.490 e. The summed E-state index contributed by atoms with van der Waals surface area (Å²) in [5.74, 6) is 1.65. The molecular formula is C37H38ClN3O4. The van der Waals surface area contributed by atoms with E-state index in [2.05, 4.69) is 61.0 Å². The predicted octanol–water partition coefficient (Wildman–Crippen LogP) is 8.11. The van der Waals surface area contributed by atoms with Gasteiger partial charge in [-0.1, -0.05) is 41.9 Å². The van der Waals surface area contributed by atoms with Crippen molar-refractivity contribution < 1.29 is 19.0 Å². The van der Waals surface area contributed by atoms with E-state index in [1.54, 1.807) is 18.3 Å². The highest BCUT2D eigenvalue weighted by Gasteiger charge is 2.17. The van der Waals surface area contributed by atoms with Gasteiger partial charge in [0, 0.05) is 30.6 Å². The third-order valence-electron chi connectivity index (χ3n) is 8.29. The van der Waals surface area contributed by atoms with Crippen molar-refractivity contribution in [3.8, 4) is 34.4 Å². The number of hydrogen-bond acceptors (Lipinski definition) is 7. The first-order valence-electron chi connectivity index (χ1n) is 15.3. The molecule has 0 spiro atoms. The molecule has 4 aromatic rings. The summed E-state index contributed by atoms with van der Waals surface area (Å²) in [6.07, 6.45) is 7.52. The van der Waals surface area contributed by atoms with Crippen LogP contribution in [0.15, 0.2) is 67.0 Å². The van der Waals surface area contributed by atoms with Gasteiger partial charge in [-0.05, 0) is 99.1 Å². The van der Waals surface area contributed by atoms with Crippen molar-refractivity contribution in [3.05, 3.63) is 105 Å². The van der Waals surface area contributed by atoms with Crippen molar-refractivity contribution in [2.75, 3.05) is 19.6 Å². The van der Waals surface area contributed by atoms with E-state index in [9.17, 15) is 4.79 Å². The molecule has 0 bridgehead atoms. The highest BCUT2D eigenvalue weighted by Crippen LogP contribution is 2.36. The number of aromatic nitrogens is 1. The molecule has 1 fully saturated rings. The third-order valence-corrected chi connectivity index (χ3v) is 8.59. The van der Waals surface area contributed by atoms with Gasteiger partial charge in [0.1, 0.15) is 36.5 Å². The minimum atomic E-state index is 0.129. The van der Waals surface area contributed by atoms with Crippen LogP contribution in [0.1, 0.15) is 64.4 Å². The molecule has 3 aromatic carbocycles. The topological polar surface area (TPSA) is 84.7 Å². The van der Waals surface area contributed by atoms with Crippen LogP contribution in [0.4, 0.5) is 0 Å². The quantitative estimate of drug-likeness (QED) is 0.139. The molecule has 1 saturated heterocycles. The van der Waals surface area contributed by atoms with Gasteiger partial charge in [-0.2, -0.15) is 5.26 Å². The van der Waals surface area contributed by atoms with Crippen molar-refractivity contribution in [3.63, 3.8) is 0 Å². The van der Waals surface area contributed by atoms with Crippen molar-refractivity contribution >= 4 is 17.9 Å². The van der Waals surface area contributed by atoms with Gasteiger partial charge in [-0.25, -0.2) is 0 Å². The van der Waals surface area contributed by atoms with E-state index in [-0.39, 0.29) is 19.3 Å². The van der Waals surface area contributed by atoms with E-state index in [0.717, 1.165) is 46.5 Å². The molecule has 0 amide bonds. The van der Waals surface area contributed by atoms with Crippen LogP contribution in [0, 0.1) is 25.2 Å². The maximum atomic E-state index is 11.8. The molecule has 1 atom stereocenters. The second kappa shape index (κ2) is 15.1. The Morgan fingerprint density at radius 1 is 0.956 bits per heavy atom. The second-order valence-corrected chi connectivity index (χ2v) is 11.9. The first-order chi connectivity index (χ1) is 21.9. The van der Waals surface area contributed by atoms with Gasteiger partial charge < -0.3 is 19.1 Å². The van der Waals surface area contributed by atoms with Crippen LogP contribution >= 0.6 is 11.6 Å². The van der Waals surface area contributed by atoms with Crippen molar-refractivity contribution in [2.24, 2.45) is 0 Å². The van der Waals surface area contributed by atoms with Crippen LogP contribution in [0.25, 0.3) is 11.1 Å². The third kappa shape index (κ3) is 8.02. The SMILES string of the molecule is Cc1c(COc2cc(OCc3cncc(C#N)c3)c(C=O)cc2Cl)cccc1-c1cccc(O[C@H](C)CCN2CCCC2)c1C. The van der Waals surface area contributed by atoms with E-state index in [1.165, 1.54) is 38.2 Å². The first kappa shape index (κ1) is 32.0. The lowest BCUT2D eigenvalue weighted by atomic mass is 9.93. The van der Waals surface area contributed by atoms with Gasteiger partial charge in [-0.15, -0.1) is 0 Å². The fourth-order valence-electron chi connectivity index (χ4n) is 5.63. The van der Waals surface area contributed by atoms with E-state index < -0.39 is 0 Å². The average molecular weight is 624 g/mol. The molecular weight excluding hydrogens is 586 g/mol. The monoisotopic (exact) mass is 623 g/mol. The number of hydrogen-bond donors (Lipinski definition) is 0. The number of rotatable bonds is 13. The summed E-state index contributed by atoms with van der Waals surface area (Å²) in [5.41, 5.74) is 6.89. The van der Waals surface area contributed by atoms with E-state index >= 15 is 0 Å². The molecule has 0 radical (unpaired) electrons. The number of likely N-dealkylation sites (tertiary alicyclic amines) is 1. The Kier molecular flexibility index (Phi) is 10.7. The average Bonchev–Trinajstić information content (AvgIpc) is 3.58. The number of pyridine rings is 1. The Labute approximate surface area is 270 Å². The summed E-state index contributed by atoms with van der Waals surface area (Å²) in [7, 11) is 0. The Hall–Kier alpha value is -4.38. The maximum absolute atomic E-state index is 11.8. The molecule has 0 unspecified atom stereocenters. The standard InChI is InChI=1S/C37H38ClN3O4/c1-25(12-15-41-13-4-5-14-41)45-35-11-7-10-33(27(35)3)32-9-6-8-30(26(32)2)24-44-37-18-36(31(22-42)17-34(37)38)43-23-29-16-28(19-39)20-40-21-29/h6-11,16-18,20-22,25H,4-5,12-15,23-24H2,1-3H3/t25-/m1/s1. The fraction of sp³-hybridized carbons (Fsp3) is 0.324. The molecule has 7 nitrogen and oxygen atoms in total. The summed E-state index contributed by atoms with van der Waals surface area (Å²) in [4.78, 5) is 18.3. The second-order valence-electron chi connectivity index (χ2n) is 11.5. The number of nitrogens with zero attached hydrogens (tertiary/aromatic N) is 3. The van der Waals surface area contributed by atoms with Crippen LogP contribution in [0.3, 0.4) is 0 Å². The molecule has 8 heteroatoms. The molecule has 1 aromatic heterocycles. The summed E-state index contributed by atoms with van der Waals surface area (Å²) < 4.78 is 18.5. The molecule has 1 aliphatic rings. The van der Waals surface area contributed by atoms with Crippen LogP contribution in [-0.2, 0) is 13.2 Å². The lowest BCUT2D eigenvalue weighted by molar-refractivity contribution is 0.111. The molecule has 0 saturated carbocycles. The highest BCUT2D eigenvalue weighted by atomic mass is 35.5. The zero-order valence-electron chi connectivity index (χ0n) is 26.0. The highest BCUT2D eigenvalue weighted by molar-refractivity contribution is 6.32. The lowest BCUT2D eigenvalue weighted by Gasteiger charge is -2.22. The number of aldehydes is 1. The summed E-state index contributed by atoms with van der Waals surface area (Å²) in [6.45, 7) is 10.2. The smallest absolute Gasteiger partial charge is 0.153 e. The number of carbonyl (C=O) groups excluding carboxylic acids is 1. The number of carbonyl (C=O) groups is 1. The fourth-order valence-corrected chi connectivity index (χ4v) is 5.86. The lowest BCUT2D eigenvalue weighted by Crippen LogP contribution is -2.25. The Morgan fingerprint density at radius 3 is 2.44 bits per heavy atom. The van der Waals surface area contributed by atoms with Crippen LogP contribution in [0.5, 0.6) is 17.2 Å². The van der Waals surface area contributed by atoms with Gasteiger partial charge in [0.15, 0.2) is 6.29 Å². The molecule has 45 heavy (non-hydrogen) atoms. The first-order valence-corrected chi connectivity index (χ1v) is 15.7. The van der Waals surface area contributed by atoms with Crippen molar-refractivity contribution in [1.29, 1.82) is 5.26 Å². The van der Waals surface area contributed by atoms with Crippen molar-refractivity contribution in [2.45, 2.75) is 59.4 Å². The number of ether oxygens (including phenoxy) is 3. The van der Waals surface area contributed by atoms with Gasteiger partial charge in [0.25, 0.3) is 0 Å². The zero-order chi connectivity index (χ0) is 31.8. The minimum absolute atomic E-state index is 0.129. The van der Waals surface area contributed by atoms with Crippen LogP contribution in [-0.4, -0.2) is 41.9 Å². The Balaban J connectivity index is 1.29. The molecule has 1 aliphatic heterocycles. The Morgan fingerprint density at radius 2 is 1.69 bits per heavy atom. The molecule has 0 N–H and O–H groups in total. The predicted molar refractivity (Wildman–Crippen MR) is 176 cm³/mol. The molecule has 2 heterocycles. The molecule has 0 aliphatic carbocycles. The van der Waals surface area contributed by atoms with Gasteiger partial charge in [0.05, 0.1) is 22.3 Å². The number of halogens is 1. The number of nitriles is 1. The maximum Gasteiger partial charge on any atom is 0.153 e. The normalized spacial score (nSPS) is 13.7.